The van der Waals surface area contributed by atoms with E-state index in [4.69, 9.17) is 5.11 Å². The SMILES string of the molecule is C=C(CC)CC(NC=O)C(=O)O. The fourth-order valence-corrected chi connectivity index (χ4v) is 0.733. The van der Waals surface area contributed by atoms with E-state index in [9.17, 15) is 9.59 Å². The minimum atomic E-state index is -1.03. The van der Waals surface area contributed by atoms with Gasteiger partial charge in [0, 0.05) is 0 Å². The number of carbonyl (C=O) groups is 2. The summed E-state index contributed by atoms with van der Waals surface area (Å²) in [5.74, 6) is -1.03. The summed E-state index contributed by atoms with van der Waals surface area (Å²) in [6.45, 7) is 5.55. The van der Waals surface area contributed by atoms with Crippen molar-refractivity contribution in [3.63, 3.8) is 0 Å². The van der Waals surface area contributed by atoms with Crippen LogP contribution in [0.15, 0.2) is 12.2 Å². The maximum atomic E-state index is 10.5. The fourth-order valence-electron chi connectivity index (χ4n) is 0.733. The quantitative estimate of drug-likeness (QED) is 0.453. The van der Waals surface area contributed by atoms with Crippen molar-refractivity contribution < 1.29 is 14.7 Å². The average Bonchev–Trinajstić information content (AvgIpc) is 2.03. The van der Waals surface area contributed by atoms with Gasteiger partial charge in [-0.25, -0.2) is 4.79 Å². The van der Waals surface area contributed by atoms with Crippen molar-refractivity contribution in [1.82, 2.24) is 5.32 Å². The maximum Gasteiger partial charge on any atom is 0.326 e. The van der Waals surface area contributed by atoms with Gasteiger partial charge in [-0.05, 0) is 12.8 Å². The molecule has 0 aromatic rings. The Kier molecular flexibility index (Phi) is 4.76. The molecule has 2 N–H and O–H groups in total. The minimum absolute atomic E-state index is 0.296. The zero-order valence-electron chi connectivity index (χ0n) is 7.04. The number of hydrogen-bond donors (Lipinski definition) is 2. The van der Waals surface area contributed by atoms with Crippen molar-refractivity contribution in [2.75, 3.05) is 0 Å². The van der Waals surface area contributed by atoms with Gasteiger partial charge in [0.1, 0.15) is 6.04 Å². The Hall–Kier alpha value is -1.32. The lowest BCUT2D eigenvalue weighted by atomic mass is 10.1. The molecule has 0 aromatic carbocycles. The van der Waals surface area contributed by atoms with Gasteiger partial charge in [0.15, 0.2) is 0 Å². The van der Waals surface area contributed by atoms with Crippen molar-refractivity contribution >= 4 is 12.4 Å². The number of aliphatic carboxylic acids is 1. The lowest BCUT2D eigenvalue weighted by molar-refractivity contribution is -0.140. The van der Waals surface area contributed by atoms with Crippen molar-refractivity contribution in [3.8, 4) is 0 Å². The molecule has 0 bridgehead atoms. The Labute approximate surface area is 71.3 Å². The third-order valence-corrected chi connectivity index (χ3v) is 1.56. The van der Waals surface area contributed by atoms with Crippen molar-refractivity contribution in [1.29, 1.82) is 0 Å². The molecule has 0 aromatic heterocycles. The molecule has 0 rings (SSSR count). The molecule has 0 heterocycles. The second-order valence-corrected chi connectivity index (χ2v) is 2.48. The van der Waals surface area contributed by atoms with E-state index in [0.717, 1.165) is 12.0 Å². The first-order valence-corrected chi connectivity index (χ1v) is 3.71. The van der Waals surface area contributed by atoms with Gasteiger partial charge in [-0.2, -0.15) is 0 Å². The summed E-state index contributed by atoms with van der Waals surface area (Å²) in [5, 5.41) is 10.8. The molecule has 0 aliphatic carbocycles. The van der Waals surface area contributed by atoms with Crippen LogP contribution in [0, 0.1) is 0 Å². The number of rotatable bonds is 6. The van der Waals surface area contributed by atoms with Crippen LogP contribution in [0.1, 0.15) is 19.8 Å². The summed E-state index contributed by atoms with van der Waals surface area (Å²) in [7, 11) is 0. The molecule has 0 fully saturated rings. The van der Waals surface area contributed by atoms with Crippen LogP contribution >= 0.6 is 0 Å². The highest BCUT2D eigenvalue weighted by Crippen LogP contribution is 2.06. The van der Waals surface area contributed by atoms with Crippen LogP contribution in [-0.4, -0.2) is 23.5 Å². The van der Waals surface area contributed by atoms with E-state index in [1.54, 1.807) is 0 Å². The first-order chi connectivity index (χ1) is 5.61. The van der Waals surface area contributed by atoms with Gasteiger partial charge >= 0.3 is 5.97 Å². The Morgan fingerprint density at radius 3 is 2.67 bits per heavy atom. The van der Waals surface area contributed by atoms with Gasteiger partial charge < -0.3 is 10.4 Å². The first-order valence-electron chi connectivity index (χ1n) is 3.71. The fraction of sp³-hybridized carbons (Fsp3) is 0.500. The van der Waals surface area contributed by atoms with Gasteiger partial charge in [0.05, 0.1) is 0 Å². The standard InChI is InChI=1S/C8H13NO3/c1-3-6(2)4-7(8(11)12)9-5-10/h5,7H,2-4H2,1H3,(H,9,10)(H,11,12). The molecule has 1 atom stereocenters. The molecule has 0 aliphatic rings. The van der Waals surface area contributed by atoms with Crippen LogP contribution in [0.3, 0.4) is 0 Å². The molecular weight excluding hydrogens is 158 g/mol. The third kappa shape index (κ3) is 3.75. The minimum Gasteiger partial charge on any atom is -0.480 e. The van der Waals surface area contributed by atoms with E-state index in [1.165, 1.54) is 0 Å². The van der Waals surface area contributed by atoms with Crippen LogP contribution in [0.4, 0.5) is 0 Å². The lowest BCUT2D eigenvalue weighted by Gasteiger charge is -2.11. The molecule has 0 saturated carbocycles. The predicted octanol–water partition coefficient (Wildman–Crippen LogP) is 0.542. The van der Waals surface area contributed by atoms with E-state index in [2.05, 4.69) is 11.9 Å². The van der Waals surface area contributed by atoms with Crippen molar-refractivity contribution in [2.45, 2.75) is 25.8 Å². The highest BCUT2D eigenvalue weighted by atomic mass is 16.4. The summed E-state index contributed by atoms with van der Waals surface area (Å²) in [5.41, 5.74) is 0.816. The van der Waals surface area contributed by atoms with E-state index in [0.29, 0.717) is 12.8 Å². The molecule has 4 heteroatoms. The Balaban J connectivity index is 4.03. The summed E-state index contributed by atoms with van der Waals surface area (Å²) >= 11 is 0. The number of carboxylic acid groups (broad SMARTS) is 1. The Bertz CT molecular complexity index is 189. The van der Waals surface area contributed by atoms with E-state index >= 15 is 0 Å². The average molecular weight is 171 g/mol. The number of carbonyl (C=O) groups excluding carboxylic acids is 1. The van der Waals surface area contributed by atoms with Gasteiger partial charge in [-0.1, -0.05) is 19.1 Å². The Morgan fingerprint density at radius 2 is 2.33 bits per heavy atom. The van der Waals surface area contributed by atoms with Crippen LogP contribution in [0.5, 0.6) is 0 Å². The molecule has 0 spiro atoms. The smallest absolute Gasteiger partial charge is 0.326 e. The summed E-state index contributed by atoms with van der Waals surface area (Å²) in [6, 6.07) is -0.838. The third-order valence-electron chi connectivity index (χ3n) is 1.56. The first kappa shape index (κ1) is 10.7. The maximum absolute atomic E-state index is 10.5. The van der Waals surface area contributed by atoms with E-state index < -0.39 is 12.0 Å². The monoisotopic (exact) mass is 171 g/mol. The largest absolute Gasteiger partial charge is 0.480 e. The number of amides is 1. The van der Waals surface area contributed by atoms with Gasteiger partial charge in [-0.3, -0.25) is 4.79 Å². The van der Waals surface area contributed by atoms with Gasteiger partial charge in [0.2, 0.25) is 6.41 Å². The normalized spacial score (nSPS) is 11.8. The zero-order chi connectivity index (χ0) is 9.56. The molecule has 12 heavy (non-hydrogen) atoms. The molecule has 68 valence electrons. The molecular formula is C8H13NO3. The number of hydrogen-bond acceptors (Lipinski definition) is 2. The van der Waals surface area contributed by atoms with Crippen LogP contribution in [-0.2, 0) is 9.59 Å². The second kappa shape index (κ2) is 5.35. The number of carboxylic acids is 1. The molecule has 0 aliphatic heterocycles. The lowest BCUT2D eigenvalue weighted by Crippen LogP contribution is -2.35. The zero-order valence-corrected chi connectivity index (χ0v) is 7.04. The van der Waals surface area contributed by atoms with Crippen LogP contribution < -0.4 is 5.32 Å². The van der Waals surface area contributed by atoms with Crippen molar-refractivity contribution in [3.05, 3.63) is 12.2 Å². The molecule has 1 amide bonds. The topological polar surface area (TPSA) is 66.4 Å². The molecule has 1 unspecified atom stereocenters. The van der Waals surface area contributed by atoms with E-state index in [-0.39, 0.29) is 0 Å². The van der Waals surface area contributed by atoms with Crippen LogP contribution in [0.2, 0.25) is 0 Å². The van der Waals surface area contributed by atoms with Crippen molar-refractivity contribution in [2.24, 2.45) is 0 Å². The Morgan fingerprint density at radius 1 is 1.75 bits per heavy atom. The number of nitrogens with one attached hydrogen (secondary N) is 1. The van der Waals surface area contributed by atoms with Gasteiger partial charge in [0.25, 0.3) is 0 Å². The highest BCUT2D eigenvalue weighted by Gasteiger charge is 2.16. The van der Waals surface area contributed by atoms with Crippen LogP contribution in [0.25, 0.3) is 0 Å². The predicted molar refractivity (Wildman–Crippen MR) is 44.7 cm³/mol. The summed E-state index contributed by atoms with van der Waals surface area (Å²) in [6.07, 6.45) is 1.41. The molecule has 0 saturated heterocycles. The summed E-state index contributed by atoms with van der Waals surface area (Å²) in [4.78, 5) is 20.5. The highest BCUT2D eigenvalue weighted by molar-refractivity contribution is 5.76. The van der Waals surface area contributed by atoms with E-state index in [1.807, 2.05) is 6.92 Å². The second-order valence-electron chi connectivity index (χ2n) is 2.48. The summed E-state index contributed by atoms with van der Waals surface area (Å²) < 4.78 is 0. The molecule has 0 radical (unpaired) electrons. The van der Waals surface area contributed by atoms with Gasteiger partial charge in [-0.15, -0.1) is 0 Å². The molecule has 4 nitrogen and oxygen atoms in total.